The fraction of sp³-hybridized carbons (Fsp3) is 0.222. The van der Waals surface area contributed by atoms with E-state index in [2.05, 4.69) is 29.1 Å². The molecular formula is C18H21ClFN3. The van der Waals surface area contributed by atoms with Gasteiger partial charge in [0.05, 0.1) is 5.70 Å². The van der Waals surface area contributed by atoms with Gasteiger partial charge in [0.1, 0.15) is 12.0 Å². The lowest BCUT2D eigenvalue weighted by molar-refractivity contribution is 0.393. The van der Waals surface area contributed by atoms with Gasteiger partial charge in [-0.2, -0.15) is 0 Å². The summed E-state index contributed by atoms with van der Waals surface area (Å²) in [6.07, 6.45) is 3.14. The maximum absolute atomic E-state index is 13.4. The van der Waals surface area contributed by atoms with E-state index >= 15 is 0 Å². The molecule has 1 aromatic carbocycles. The standard InChI is InChI=1S/C18H21ClFN3/c1-12(21-9-8-15-6-4-5-7-16(15)19)11-18-22-13(2)10-17(23-18)14(3)20/h4-7,10-11,14,21-23H,1-2,8-9H2,3H3/b18-11+. The van der Waals surface area contributed by atoms with Crippen molar-refractivity contribution in [3.05, 3.63) is 83.1 Å². The largest absolute Gasteiger partial charge is 0.385 e. The van der Waals surface area contributed by atoms with Crippen LogP contribution in [0.5, 0.6) is 0 Å². The Labute approximate surface area is 141 Å². The Balaban J connectivity index is 1.88. The highest BCUT2D eigenvalue weighted by molar-refractivity contribution is 6.31. The Morgan fingerprint density at radius 1 is 1.39 bits per heavy atom. The molecule has 3 nitrogen and oxygen atoms in total. The molecule has 1 aliphatic heterocycles. The van der Waals surface area contributed by atoms with Crippen LogP contribution in [-0.4, -0.2) is 12.7 Å². The molecule has 1 unspecified atom stereocenters. The Morgan fingerprint density at radius 2 is 2.13 bits per heavy atom. The van der Waals surface area contributed by atoms with E-state index in [1.165, 1.54) is 6.92 Å². The highest BCUT2D eigenvalue weighted by atomic mass is 35.5. The third-order valence-corrected chi connectivity index (χ3v) is 3.72. The van der Waals surface area contributed by atoms with E-state index in [9.17, 15) is 4.39 Å². The molecule has 1 heterocycles. The second-order valence-electron chi connectivity index (χ2n) is 5.34. The van der Waals surface area contributed by atoms with Crippen LogP contribution in [0.15, 0.2) is 72.5 Å². The Kier molecular flexibility index (Phi) is 5.88. The summed E-state index contributed by atoms with van der Waals surface area (Å²) in [6, 6.07) is 7.75. The van der Waals surface area contributed by atoms with Gasteiger partial charge in [0, 0.05) is 29.0 Å². The predicted molar refractivity (Wildman–Crippen MR) is 94.4 cm³/mol. The van der Waals surface area contributed by atoms with Gasteiger partial charge in [0.25, 0.3) is 0 Å². The van der Waals surface area contributed by atoms with E-state index in [4.69, 9.17) is 11.6 Å². The van der Waals surface area contributed by atoms with Gasteiger partial charge in [-0.25, -0.2) is 4.39 Å². The molecular weight excluding hydrogens is 313 g/mol. The molecule has 3 N–H and O–H groups in total. The van der Waals surface area contributed by atoms with Crippen LogP contribution < -0.4 is 16.0 Å². The third kappa shape index (κ3) is 5.18. The summed E-state index contributed by atoms with van der Waals surface area (Å²) in [7, 11) is 0. The lowest BCUT2D eigenvalue weighted by Gasteiger charge is -2.23. The normalized spacial score (nSPS) is 17.1. The summed E-state index contributed by atoms with van der Waals surface area (Å²) < 4.78 is 13.4. The highest BCUT2D eigenvalue weighted by Crippen LogP contribution is 2.15. The van der Waals surface area contributed by atoms with Crippen LogP contribution in [0.3, 0.4) is 0 Å². The van der Waals surface area contributed by atoms with Crippen molar-refractivity contribution >= 4 is 11.6 Å². The van der Waals surface area contributed by atoms with Gasteiger partial charge in [-0.05, 0) is 31.1 Å². The second kappa shape index (κ2) is 7.88. The minimum Gasteiger partial charge on any atom is -0.385 e. The summed E-state index contributed by atoms with van der Waals surface area (Å²) in [5, 5.41) is 10.00. The maximum Gasteiger partial charge on any atom is 0.137 e. The van der Waals surface area contributed by atoms with E-state index in [0.29, 0.717) is 29.5 Å². The first-order valence-electron chi connectivity index (χ1n) is 7.42. The van der Waals surface area contributed by atoms with Crippen molar-refractivity contribution in [2.24, 2.45) is 0 Å². The van der Waals surface area contributed by atoms with Crippen molar-refractivity contribution in [3.8, 4) is 0 Å². The lowest BCUT2D eigenvalue weighted by Crippen LogP contribution is -2.33. The number of benzene rings is 1. The maximum atomic E-state index is 13.4. The monoisotopic (exact) mass is 333 g/mol. The third-order valence-electron chi connectivity index (χ3n) is 3.36. The van der Waals surface area contributed by atoms with Crippen LogP contribution in [0.4, 0.5) is 4.39 Å². The van der Waals surface area contributed by atoms with Gasteiger partial charge in [0.2, 0.25) is 0 Å². The van der Waals surface area contributed by atoms with Crippen LogP contribution in [0.2, 0.25) is 5.02 Å². The van der Waals surface area contributed by atoms with Gasteiger partial charge in [0.15, 0.2) is 0 Å². The number of halogens is 2. The minimum atomic E-state index is -1.08. The number of allylic oxidation sites excluding steroid dienone is 3. The fourth-order valence-electron chi connectivity index (χ4n) is 2.19. The molecule has 0 aliphatic carbocycles. The molecule has 2 rings (SSSR count). The Morgan fingerprint density at radius 3 is 2.83 bits per heavy atom. The lowest BCUT2D eigenvalue weighted by atomic mass is 10.1. The second-order valence-corrected chi connectivity index (χ2v) is 5.75. The summed E-state index contributed by atoms with van der Waals surface area (Å²) in [6.45, 7) is 9.95. The zero-order chi connectivity index (χ0) is 16.8. The Bertz CT molecular complexity index is 662. The molecule has 0 bridgehead atoms. The molecule has 0 radical (unpaired) electrons. The van der Waals surface area contributed by atoms with Crippen molar-refractivity contribution in [1.82, 2.24) is 16.0 Å². The molecule has 23 heavy (non-hydrogen) atoms. The Hall–Kier alpha value is -2.20. The van der Waals surface area contributed by atoms with E-state index < -0.39 is 6.17 Å². The van der Waals surface area contributed by atoms with Crippen molar-refractivity contribution in [1.29, 1.82) is 0 Å². The van der Waals surface area contributed by atoms with E-state index in [1.54, 1.807) is 12.2 Å². The molecule has 1 aromatic rings. The number of hydrogen-bond acceptors (Lipinski definition) is 3. The van der Waals surface area contributed by atoms with Gasteiger partial charge < -0.3 is 16.0 Å². The van der Waals surface area contributed by atoms with Crippen LogP contribution in [0, 0.1) is 0 Å². The van der Waals surface area contributed by atoms with Gasteiger partial charge in [-0.1, -0.05) is 43.0 Å². The summed E-state index contributed by atoms with van der Waals surface area (Å²) in [4.78, 5) is 0. The van der Waals surface area contributed by atoms with Crippen LogP contribution in [0.25, 0.3) is 0 Å². The molecule has 0 saturated carbocycles. The van der Waals surface area contributed by atoms with Gasteiger partial charge >= 0.3 is 0 Å². The first-order valence-corrected chi connectivity index (χ1v) is 7.80. The number of alkyl halides is 1. The minimum absolute atomic E-state index is 0.476. The van der Waals surface area contributed by atoms with Crippen LogP contribution in [-0.2, 0) is 6.42 Å². The fourth-order valence-corrected chi connectivity index (χ4v) is 2.42. The van der Waals surface area contributed by atoms with Gasteiger partial charge in [-0.3, -0.25) is 0 Å². The van der Waals surface area contributed by atoms with Crippen LogP contribution in [0.1, 0.15) is 12.5 Å². The topological polar surface area (TPSA) is 36.1 Å². The van der Waals surface area contributed by atoms with E-state index in [0.717, 1.165) is 17.0 Å². The zero-order valence-electron chi connectivity index (χ0n) is 13.1. The van der Waals surface area contributed by atoms with Crippen molar-refractivity contribution in [2.75, 3.05) is 6.54 Å². The molecule has 0 aromatic heterocycles. The first-order chi connectivity index (χ1) is 11.0. The quantitative estimate of drug-likeness (QED) is 0.741. The number of nitrogens with one attached hydrogen (secondary N) is 3. The molecule has 0 fully saturated rings. The molecule has 1 aliphatic rings. The smallest absolute Gasteiger partial charge is 0.137 e. The average Bonchev–Trinajstić information content (AvgIpc) is 2.48. The predicted octanol–water partition coefficient (Wildman–Crippen LogP) is 3.78. The van der Waals surface area contributed by atoms with Gasteiger partial charge in [-0.15, -0.1) is 0 Å². The molecule has 0 amide bonds. The highest BCUT2D eigenvalue weighted by Gasteiger charge is 2.14. The molecule has 5 heteroatoms. The summed E-state index contributed by atoms with van der Waals surface area (Å²) >= 11 is 6.12. The molecule has 0 spiro atoms. The van der Waals surface area contributed by atoms with Crippen molar-refractivity contribution in [3.63, 3.8) is 0 Å². The summed E-state index contributed by atoms with van der Waals surface area (Å²) in [5.74, 6) is 0.646. The van der Waals surface area contributed by atoms with E-state index in [1.807, 2.05) is 24.3 Å². The zero-order valence-corrected chi connectivity index (χ0v) is 13.9. The molecule has 1 atom stereocenters. The number of hydrogen-bond donors (Lipinski definition) is 3. The van der Waals surface area contributed by atoms with Crippen molar-refractivity contribution in [2.45, 2.75) is 19.5 Å². The molecule has 0 saturated heterocycles. The first kappa shape index (κ1) is 17.2. The van der Waals surface area contributed by atoms with Crippen molar-refractivity contribution < 1.29 is 4.39 Å². The van der Waals surface area contributed by atoms with Crippen LogP contribution >= 0.6 is 11.6 Å². The number of rotatable bonds is 6. The van der Waals surface area contributed by atoms with E-state index in [-0.39, 0.29) is 0 Å². The summed E-state index contributed by atoms with van der Waals surface area (Å²) in [5.41, 5.74) is 2.91. The average molecular weight is 334 g/mol. The SMILES string of the molecule is C=C1C=C(C(C)F)N/C(=C/C(=C)NCCc2ccccc2Cl)N1. The molecule has 122 valence electrons.